The third-order valence-corrected chi connectivity index (χ3v) is 8.00. The van der Waals surface area contributed by atoms with Crippen molar-refractivity contribution in [2.75, 3.05) is 13.2 Å². The predicted molar refractivity (Wildman–Crippen MR) is 93.6 cm³/mol. The van der Waals surface area contributed by atoms with Crippen LogP contribution in [-0.2, 0) is 9.59 Å². The minimum atomic E-state index is -0.296. The van der Waals surface area contributed by atoms with Crippen molar-refractivity contribution >= 4 is 11.6 Å². The van der Waals surface area contributed by atoms with Gasteiger partial charge in [0.25, 0.3) is 0 Å². The van der Waals surface area contributed by atoms with Crippen molar-refractivity contribution in [3.8, 4) is 0 Å². The Bertz CT molecular complexity index is 690. The van der Waals surface area contributed by atoms with E-state index in [9.17, 15) is 19.8 Å². The summed E-state index contributed by atoms with van der Waals surface area (Å²) in [5.41, 5.74) is 1.01. The lowest BCUT2D eigenvalue weighted by Gasteiger charge is -2.57. The van der Waals surface area contributed by atoms with Gasteiger partial charge in [0, 0.05) is 35.3 Å². The lowest BCUT2D eigenvalue weighted by atomic mass is 9.46. The van der Waals surface area contributed by atoms with Gasteiger partial charge in [-0.05, 0) is 49.5 Å². The van der Waals surface area contributed by atoms with Crippen LogP contribution in [0.2, 0.25) is 0 Å². The third kappa shape index (κ3) is 2.20. The lowest BCUT2D eigenvalue weighted by Crippen LogP contribution is -2.52. The van der Waals surface area contributed by atoms with Crippen LogP contribution in [0.15, 0.2) is 23.3 Å². The molecular formula is C21H28O4. The molecular weight excluding hydrogens is 316 g/mol. The number of carbonyl (C=O) groups is 2. The molecule has 0 radical (unpaired) electrons. The van der Waals surface area contributed by atoms with Crippen LogP contribution in [0.4, 0.5) is 0 Å². The zero-order valence-electron chi connectivity index (χ0n) is 15.1. The minimum Gasteiger partial charge on any atom is -0.396 e. The smallest absolute Gasteiger partial charge is 0.183 e. The van der Waals surface area contributed by atoms with Crippen LogP contribution in [0.5, 0.6) is 0 Å². The Morgan fingerprint density at radius 1 is 1.16 bits per heavy atom. The second-order valence-corrected chi connectivity index (χ2v) is 8.98. The monoisotopic (exact) mass is 344 g/mol. The number of rotatable bonds is 2. The molecule has 4 aliphatic rings. The summed E-state index contributed by atoms with van der Waals surface area (Å²) in [4.78, 5) is 24.8. The standard InChI is InChI=1S/C21H28O4/c1-20-6-5-16-14(15(20)3-4-19(20)25)7-12(10-22)17-8-18(24)13(11-23)9-21(16,17)2/h8-9,12,14-16,22-23H,3-7,10-11H2,1-2H3/t12?,14-,15-,16-,20-,21+/m0/s1. The molecule has 6 atom stereocenters. The van der Waals surface area contributed by atoms with E-state index < -0.39 is 0 Å². The van der Waals surface area contributed by atoms with Gasteiger partial charge < -0.3 is 10.2 Å². The Hall–Kier alpha value is -1.26. The number of aliphatic hydroxyl groups excluding tert-OH is 2. The van der Waals surface area contributed by atoms with Crippen LogP contribution >= 0.6 is 0 Å². The van der Waals surface area contributed by atoms with E-state index in [0.29, 0.717) is 35.5 Å². The molecule has 0 bridgehead atoms. The van der Waals surface area contributed by atoms with Crippen LogP contribution < -0.4 is 0 Å². The molecule has 2 N–H and O–H groups in total. The van der Waals surface area contributed by atoms with E-state index in [1.54, 1.807) is 6.08 Å². The first-order valence-corrected chi connectivity index (χ1v) is 9.58. The third-order valence-electron chi connectivity index (χ3n) is 8.00. The van der Waals surface area contributed by atoms with E-state index in [1.165, 1.54) is 0 Å². The molecule has 4 nitrogen and oxygen atoms in total. The Kier molecular flexibility index (Phi) is 3.86. The minimum absolute atomic E-state index is 0.0234. The highest BCUT2D eigenvalue weighted by atomic mass is 16.3. The number of aliphatic hydroxyl groups is 2. The fraction of sp³-hybridized carbons (Fsp3) is 0.714. The summed E-state index contributed by atoms with van der Waals surface area (Å²) in [6, 6.07) is 0. The predicted octanol–water partition coefficient (Wildman–Crippen LogP) is 2.44. The van der Waals surface area contributed by atoms with Crippen LogP contribution in [-0.4, -0.2) is 35.0 Å². The molecule has 0 aromatic rings. The molecule has 0 aromatic heterocycles. The molecule has 4 rings (SSSR count). The molecule has 25 heavy (non-hydrogen) atoms. The first-order chi connectivity index (χ1) is 11.8. The highest BCUT2D eigenvalue weighted by Crippen LogP contribution is 2.64. The van der Waals surface area contributed by atoms with E-state index >= 15 is 0 Å². The molecule has 136 valence electrons. The van der Waals surface area contributed by atoms with Crippen molar-refractivity contribution in [3.63, 3.8) is 0 Å². The lowest BCUT2D eigenvalue weighted by molar-refractivity contribution is -0.132. The van der Waals surface area contributed by atoms with E-state index in [4.69, 9.17) is 0 Å². The van der Waals surface area contributed by atoms with Crippen molar-refractivity contribution in [1.82, 2.24) is 0 Å². The highest BCUT2D eigenvalue weighted by molar-refractivity contribution is 6.06. The van der Waals surface area contributed by atoms with Crippen molar-refractivity contribution in [2.24, 2.45) is 34.5 Å². The SMILES string of the molecule is C[C@]12C=C(CO)C(=O)C=C1C(CO)C[C@@H]1[C@@H]2CC[C@]2(C)C(=O)CC[C@@H]12. The van der Waals surface area contributed by atoms with Gasteiger partial charge in [-0.25, -0.2) is 0 Å². The van der Waals surface area contributed by atoms with Crippen LogP contribution in [0, 0.1) is 34.5 Å². The maximum atomic E-state index is 12.5. The Balaban J connectivity index is 1.79. The van der Waals surface area contributed by atoms with Crippen molar-refractivity contribution in [1.29, 1.82) is 0 Å². The van der Waals surface area contributed by atoms with Gasteiger partial charge in [0.05, 0.1) is 6.61 Å². The summed E-state index contributed by atoms with van der Waals surface area (Å²) in [5.74, 6) is 1.42. The van der Waals surface area contributed by atoms with Crippen molar-refractivity contribution in [2.45, 2.75) is 46.0 Å². The van der Waals surface area contributed by atoms with Gasteiger partial charge in [-0.15, -0.1) is 0 Å². The zero-order valence-corrected chi connectivity index (χ0v) is 15.1. The topological polar surface area (TPSA) is 74.6 Å². The van der Waals surface area contributed by atoms with Gasteiger partial charge in [0.1, 0.15) is 5.78 Å². The summed E-state index contributed by atoms with van der Waals surface area (Å²) in [6.07, 6.45) is 8.05. The van der Waals surface area contributed by atoms with Gasteiger partial charge in [0.15, 0.2) is 5.78 Å². The Morgan fingerprint density at radius 2 is 1.92 bits per heavy atom. The van der Waals surface area contributed by atoms with E-state index in [0.717, 1.165) is 31.3 Å². The summed E-state index contributed by atoms with van der Waals surface area (Å²) >= 11 is 0. The average Bonchev–Trinajstić information content (AvgIpc) is 2.90. The fourth-order valence-electron chi connectivity index (χ4n) is 6.67. The van der Waals surface area contributed by atoms with Crippen LogP contribution in [0.3, 0.4) is 0 Å². The molecule has 0 saturated heterocycles. The number of carbonyl (C=O) groups excluding carboxylic acids is 2. The number of fused-ring (bicyclic) bond motifs is 5. The second-order valence-electron chi connectivity index (χ2n) is 8.98. The maximum absolute atomic E-state index is 12.5. The molecule has 0 amide bonds. The van der Waals surface area contributed by atoms with Crippen molar-refractivity contribution in [3.05, 3.63) is 23.3 Å². The van der Waals surface area contributed by atoms with E-state index in [-0.39, 0.29) is 35.7 Å². The molecule has 3 saturated carbocycles. The zero-order chi connectivity index (χ0) is 18.0. The van der Waals surface area contributed by atoms with Crippen LogP contribution in [0.1, 0.15) is 46.0 Å². The van der Waals surface area contributed by atoms with Gasteiger partial charge in [0.2, 0.25) is 0 Å². The number of hydrogen-bond acceptors (Lipinski definition) is 4. The van der Waals surface area contributed by atoms with Gasteiger partial charge in [-0.2, -0.15) is 0 Å². The molecule has 4 heteroatoms. The normalized spacial score (nSPS) is 46.1. The summed E-state index contributed by atoms with van der Waals surface area (Å²) < 4.78 is 0. The molecule has 0 aromatic carbocycles. The summed E-state index contributed by atoms with van der Waals surface area (Å²) in [5, 5.41) is 19.6. The molecule has 1 unspecified atom stereocenters. The largest absolute Gasteiger partial charge is 0.396 e. The first-order valence-electron chi connectivity index (χ1n) is 9.58. The number of ketones is 2. The molecule has 0 spiro atoms. The van der Waals surface area contributed by atoms with E-state index in [1.807, 2.05) is 6.08 Å². The quantitative estimate of drug-likeness (QED) is 0.807. The number of Topliss-reactive ketones (excluding diaryl/α,β-unsaturated/α-hetero) is 1. The highest BCUT2D eigenvalue weighted by Gasteiger charge is 2.60. The van der Waals surface area contributed by atoms with Crippen LogP contribution in [0.25, 0.3) is 0 Å². The van der Waals surface area contributed by atoms with Gasteiger partial charge >= 0.3 is 0 Å². The average molecular weight is 344 g/mol. The Labute approximate surface area is 149 Å². The maximum Gasteiger partial charge on any atom is 0.183 e. The van der Waals surface area contributed by atoms with Gasteiger partial charge in [-0.3, -0.25) is 9.59 Å². The fourth-order valence-corrected chi connectivity index (χ4v) is 6.67. The first kappa shape index (κ1) is 17.2. The molecule has 4 aliphatic carbocycles. The number of allylic oxidation sites excluding steroid dienone is 2. The Morgan fingerprint density at radius 3 is 2.60 bits per heavy atom. The molecule has 0 heterocycles. The summed E-state index contributed by atoms with van der Waals surface area (Å²) in [6.45, 7) is 4.11. The van der Waals surface area contributed by atoms with Gasteiger partial charge in [-0.1, -0.05) is 25.5 Å². The van der Waals surface area contributed by atoms with Crippen molar-refractivity contribution < 1.29 is 19.8 Å². The molecule has 3 fully saturated rings. The molecule has 0 aliphatic heterocycles. The van der Waals surface area contributed by atoms with E-state index in [2.05, 4.69) is 13.8 Å². The number of hydrogen-bond donors (Lipinski definition) is 2. The second kappa shape index (κ2) is 5.62. The summed E-state index contributed by atoms with van der Waals surface area (Å²) in [7, 11) is 0.